The Balaban J connectivity index is 2.35. The number of primary amides is 1. The third kappa shape index (κ3) is 4.31. The van der Waals surface area contributed by atoms with E-state index in [0.29, 0.717) is 5.56 Å². The first kappa shape index (κ1) is 12.5. The van der Waals surface area contributed by atoms with Crippen molar-refractivity contribution in [2.45, 2.75) is 6.42 Å². The average Bonchev–Trinajstić information content (AvgIpc) is 2.25. The first-order valence-electron chi connectivity index (χ1n) is 5.38. The second-order valence-corrected chi connectivity index (χ2v) is 4.03. The molecule has 0 aliphatic rings. The van der Waals surface area contributed by atoms with Crippen LogP contribution in [0.3, 0.4) is 0 Å². The van der Waals surface area contributed by atoms with Crippen molar-refractivity contribution in [2.24, 2.45) is 5.73 Å². The molecule has 0 saturated carbocycles. The first-order valence-corrected chi connectivity index (χ1v) is 5.38. The number of amides is 1. The third-order valence-corrected chi connectivity index (χ3v) is 2.28. The van der Waals surface area contributed by atoms with Gasteiger partial charge in [0, 0.05) is 17.8 Å². The molecule has 0 atom stereocenters. The van der Waals surface area contributed by atoms with Gasteiger partial charge in [0.2, 0.25) is 5.91 Å². The highest BCUT2D eigenvalue weighted by Gasteiger charge is 1.99. The Morgan fingerprint density at radius 3 is 2.44 bits per heavy atom. The van der Waals surface area contributed by atoms with Gasteiger partial charge in [0.25, 0.3) is 0 Å². The topological polar surface area (TPSA) is 58.4 Å². The number of benzene rings is 1. The standard InChI is InChI=1S/C12H19N3O/c1-15(2)9-3-8-14-11-6-4-10(5-7-11)12(13)16/h4-7,14H,3,8-9H2,1-2H3,(H2,13,16). The van der Waals surface area contributed by atoms with Crippen LogP contribution in [0.25, 0.3) is 0 Å². The second-order valence-electron chi connectivity index (χ2n) is 4.03. The number of anilines is 1. The van der Waals surface area contributed by atoms with Gasteiger partial charge in [0.15, 0.2) is 0 Å². The predicted molar refractivity (Wildman–Crippen MR) is 66.6 cm³/mol. The molecule has 4 heteroatoms. The Labute approximate surface area is 96.4 Å². The van der Waals surface area contributed by atoms with Crippen LogP contribution < -0.4 is 11.1 Å². The van der Waals surface area contributed by atoms with E-state index < -0.39 is 0 Å². The molecule has 0 aliphatic heterocycles. The predicted octanol–water partition coefficient (Wildman–Crippen LogP) is 1.15. The van der Waals surface area contributed by atoms with Crippen molar-refractivity contribution in [3.8, 4) is 0 Å². The molecule has 0 heterocycles. The molecule has 1 aromatic rings. The fourth-order valence-corrected chi connectivity index (χ4v) is 1.38. The molecule has 16 heavy (non-hydrogen) atoms. The van der Waals surface area contributed by atoms with Crippen molar-refractivity contribution in [1.82, 2.24) is 4.90 Å². The molecule has 1 aromatic carbocycles. The van der Waals surface area contributed by atoms with Gasteiger partial charge in [-0.2, -0.15) is 0 Å². The number of carbonyl (C=O) groups excluding carboxylic acids is 1. The summed E-state index contributed by atoms with van der Waals surface area (Å²) in [6.45, 7) is 1.99. The number of rotatable bonds is 6. The van der Waals surface area contributed by atoms with Crippen molar-refractivity contribution in [3.05, 3.63) is 29.8 Å². The lowest BCUT2D eigenvalue weighted by atomic mass is 10.2. The van der Waals surface area contributed by atoms with E-state index in [1.165, 1.54) is 0 Å². The first-order chi connectivity index (χ1) is 7.59. The normalized spacial score (nSPS) is 10.4. The van der Waals surface area contributed by atoms with Crippen molar-refractivity contribution >= 4 is 11.6 Å². The van der Waals surface area contributed by atoms with E-state index in [0.717, 1.165) is 25.2 Å². The van der Waals surface area contributed by atoms with Gasteiger partial charge in [-0.05, 0) is 51.3 Å². The highest BCUT2D eigenvalue weighted by atomic mass is 16.1. The van der Waals surface area contributed by atoms with Crippen molar-refractivity contribution in [3.63, 3.8) is 0 Å². The molecule has 0 fully saturated rings. The van der Waals surface area contributed by atoms with E-state index in [1.54, 1.807) is 12.1 Å². The zero-order chi connectivity index (χ0) is 12.0. The molecule has 0 saturated heterocycles. The largest absolute Gasteiger partial charge is 0.385 e. The van der Waals surface area contributed by atoms with Crippen molar-refractivity contribution < 1.29 is 4.79 Å². The number of nitrogens with one attached hydrogen (secondary N) is 1. The molecule has 0 spiro atoms. The summed E-state index contributed by atoms with van der Waals surface area (Å²) in [7, 11) is 4.11. The fraction of sp³-hybridized carbons (Fsp3) is 0.417. The van der Waals surface area contributed by atoms with Crippen molar-refractivity contribution in [2.75, 3.05) is 32.5 Å². The van der Waals surface area contributed by atoms with Gasteiger partial charge in [-0.25, -0.2) is 0 Å². The summed E-state index contributed by atoms with van der Waals surface area (Å²) in [4.78, 5) is 13.0. The molecule has 1 amide bonds. The molecule has 0 radical (unpaired) electrons. The number of hydrogen-bond donors (Lipinski definition) is 2. The number of hydrogen-bond acceptors (Lipinski definition) is 3. The lowest BCUT2D eigenvalue weighted by Crippen LogP contribution is -2.16. The van der Waals surface area contributed by atoms with E-state index in [-0.39, 0.29) is 5.91 Å². The van der Waals surface area contributed by atoms with Crippen LogP contribution in [0.5, 0.6) is 0 Å². The molecule has 3 N–H and O–H groups in total. The van der Waals surface area contributed by atoms with Crippen LogP contribution in [0.2, 0.25) is 0 Å². The van der Waals surface area contributed by atoms with Crippen LogP contribution in [0.1, 0.15) is 16.8 Å². The molecule has 1 rings (SSSR count). The number of nitrogens with two attached hydrogens (primary N) is 1. The maximum Gasteiger partial charge on any atom is 0.248 e. The Hall–Kier alpha value is -1.55. The number of nitrogens with zero attached hydrogens (tertiary/aromatic N) is 1. The van der Waals surface area contributed by atoms with E-state index >= 15 is 0 Å². The summed E-state index contributed by atoms with van der Waals surface area (Å²) in [5.74, 6) is -0.390. The maximum absolute atomic E-state index is 10.8. The van der Waals surface area contributed by atoms with Gasteiger partial charge in [0.05, 0.1) is 0 Å². The van der Waals surface area contributed by atoms with Crippen LogP contribution >= 0.6 is 0 Å². The Morgan fingerprint density at radius 1 is 1.31 bits per heavy atom. The minimum Gasteiger partial charge on any atom is -0.385 e. The van der Waals surface area contributed by atoms with E-state index in [4.69, 9.17) is 5.73 Å². The minimum atomic E-state index is -0.390. The van der Waals surface area contributed by atoms with E-state index in [9.17, 15) is 4.79 Å². The van der Waals surface area contributed by atoms with Gasteiger partial charge >= 0.3 is 0 Å². The van der Waals surface area contributed by atoms with Crippen LogP contribution in [0.15, 0.2) is 24.3 Å². The highest BCUT2D eigenvalue weighted by molar-refractivity contribution is 5.93. The third-order valence-electron chi connectivity index (χ3n) is 2.28. The summed E-state index contributed by atoms with van der Waals surface area (Å²) in [5, 5.41) is 3.29. The van der Waals surface area contributed by atoms with Gasteiger partial charge in [-0.3, -0.25) is 4.79 Å². The van der Waals surface area contributed by atoms with Crippen LogP contribution in [0.4, 0.5) is 5.69 Å². The summed E-state index contributed by atoms with van der Waals surface area (Å²) in [6.07, 6.45) is 1.09. The lowest BCUT2D eigenvalue weighted by Gasteiger charge is -2.10. The highest BCUT2D eigenvalue weighted by Crippen LogP contribution is 2.08. The summed E-state index contributed by atoms with van der Waals surface area (Å²) < 4.78 is 0. The minimum absolute atomic E-state index is 0.390. The molecular weight excluding hydrogens is 202 g/mol. The lowest BCUT2D eigenvalue weighted by molar-refractivity contribution is 0.100. The van der Waals surface area contributed by atoms with Gasteiger partial charge < -0.3 is 16.0 Å². The monoisotopic (exact) mass is 221 g/mol. The van der Waals surface area contributed by atoms with Crippen LogP contribution in [-0.4, -0.2) is 38.0 Å². The Bertz CT molecular complexity index is 333. The molecule has 88 valence electrons. The molecule has 0 aromatic heterocycles. The fourth-order valence-electron chi connectivity index (χ4n) is 1.38. The maximum atomic E-state index is 10.8. The zero-order valence-corrected chi connectivity index (χ0v) is 9.86. The Morgan fingerprint density at radius 2 is 1.94 bits per heavy atom. The average molecular weight is 221 g/mol. The number of carbonyl (C=O) groups is 1. The second kappa shape index (κ2) is 6.12. The quantitative estimate of drug-likeness (QED) is 0.708. The molecular formula is C12H19N3O. The molecule has 4 nitrogen and oxygen atoms in total. The van der Waals surface area contributed by atoms with Gasteiger partial charge in [-0.15, -0.1) is 0 Å². The summed E-state index contributed by atoms with van der Waals surface area (Å²) in [6, 6.07) is 7.21. The van der Waals surface area contributed by atoms with E-state index in [2.05, 4.69) is 24.3 Å². The molecule has 0 unspecified atom stereocenters. The van der Waals surface area contributed by atoms with Gasteiger partial charge in [0.1, 0.15) is 0 Å². The molecule has 0 bridgehead atoms. The zero-order valence-electron chi connectivity index (χ0n) is 9.86. The molecule has 0 aliphatic carbocycles. The van der Waals surface area contributed by atoms with Crippen LogP contribution in [0, 0.1) is 0 Å². The van der Waals surface area contributed by atoms with Gasteiger partial charge in [-0.1, -0.05) is 0 Å². The summed E-state index contributed by atoms with van der Waals surface area (Å²) in [5.41, 5.74) is 6.71. The Kier molecular flexibility index (Phi) is 4.79. The van der Waals surface area contributed by atoms with E-state index in [1.807, 2.05) is 12.1 Å². The SMILES string of the molecule is CN(C)CCCNc1ccc(C(N)=O)cc1. The van der Waals surface area contributed by atoms with Crippen molar-refractivity contribution in [1.29, 1.82) is 0 Å². The van der Waals surface area contributed by atoms with Crippen LogP contribution in [-0.2, 0) is 0 Å². The summed E-state index contributed by atoms with van der Waals surface area (Å²) >= 11 is 0. The smallest absolute Gasteiger partial charge is 0.248 e.